The van der Waals surface area contributed by atoms with Gasteiger partial charge in [0.05, 0.1) is 17.4 Å². The number of nitrogens with one attached hydrogen (secondary N) is 2. The van der Waals surface area contributed by atoms with Crippen LogP contribution in [-0.4, -0.2) is 30.1 Å². The van der Waals surface area contributed by atoms with Crippen molar-refractivity contribution in [2.24, 2.45) is 5.10 Å². The SMILES string of the molecule is C/C(=N/NC(=S)NC[C@@H]1CCCO1)c1cc2ccccc2oc1=O. The van der Waals surface area contributed by atoms with E-state index < -0.39 is 5.63 Å². The molecule has 1 aliphatic heterocycles. The number of hydrazone groups is 1. The lowest BCUT2D eigenvalue weighted by Crippen LogP contribution is -2.37. The van der Waals surface area contributed by atoms with Crippen LogP contribution in [0.1, 0.15) is 25.3 Å². The summed E-state index contributed by atoms with van der Waals surface area (Å²) in [6, 6.07) is 9.13. The smallest absolute Gasteiger partial charge is 0.345 e. The minimum atomic E-state index is -0.421. The van der Waals surface area contributed by atoms with Crippen LogP contribution in [0, 0.1) is 0 Å². The highest BCUT2D eigenvalue weighted by molar-refractivity contribution is 7.80. The summed E-state index contributed by atoms with van der Waals surface area (Å²) in [6.07, 6.45) is 2.32. The topological polar surface area (TPSA) is 75.9 Å². The van der Waals surface area contributed by atoms with Crippen LogP contribution in [0.25, 0.3) is 11.0 Å². The molecule has 6 nitrogen and oxygen atoms in total. The van der Waals surface area contributed by atoms with Gasteiger partial charge in [-0.15, -0.1) is 0 Å². The zero-order valence-electron chi connectivity index (χ0n) is 13.4. The largest absolute Gasteiger partial charge is 0.422 e. The van der Waals surface area contributed by atoms with Crippen LogP contribution >= 0.6 is 12.2 Å². The molecule has 1 aromatic heterocycles. The molecule has 0 spiro atoms. The molecule has 24 heavy (non-hydrogen) atoms. The molecule has 2 N–H and O–H groups in total. The normalized spacial score (nSPS) is 17.9. The Bertz CT molecular complexity index is 825. The van der Waals surface area contributed by atoms with Crippen LogP contribution in [0.2, 0.25) is 0 Å². The molecule has 0 aliphatic carbocycles. The number of thiocarbonyl (C=S) groups is 1. The average molecular weight is 345 g/mol. The molecule has 2 aromatic rings. The lowest BCUT2D eigenvalue weighted by atomic mass is 10.1. The number of fused-ring (bicyclic) bond motifs is 1. The van der Waals surface area contributed by atoms with Crippen molar-refractivity contribution in [2.75, 3.05) is 13.2 Å². The number of hydrogen-bond donors (Lipinski definition) is 2. The van der Waals surface area contributed by atoms with Crippen LogP contribution in [0.3, 0.4) is 0 Å². The third-order valence-corrected chi connectivity index (χ3v) is 4.11. The molecule has 0 radical (unpaired) electrons. The fourth-order valence-electron chi connectivity index (χ4n) is 2.56. The first-order valence-corrected chi connectivity index (χ1v) is 8.27. The van der Waals surface area contributed by atoms with Gasteiger partial charge in [-0.2, -0.15) is 5.10 Å². The van der Waals surface area contributed by atoms with E-state index in [1.165, 1.54) is 0 Å². The summed E-state index contributed by atoms with van der Waals surface area (Å²) in [5.74, 6) is 0. The molecule has 1 saturated heterocycles. The zero-order chi connectivity index (χ0) is 16.9. The number of benzene rings is 1. The van der Waals surface area contributed by atoms with E-state index in [1.807, 2.05) is 18.2 Å². The Kier molecular flexibility index (Phi) is 5.22. The molecule has 0 amide bonds. The summed E-state index contributed by atoms with van der Waals surface area (Å²) < 4.78 is 10.8. The maximum atomic E-state index is 12.1. The number of ether oxygens (including phenoxy) is 1. The molecule has 0 bridgehead atoms. The molecule has 3 rings (SSSR count). The lowest BCUT2D eigenvalue weighted by Gasteiger charge is -2.12. The van der Waals surface area contributed by atoms with Crippen molar-refractivity contribution in [3.8, 4) is 0 Å². The number of para-hydroxylation sites is 1. The van der Waals surface area contributed by atoms with Gasteiger partial charge >= 0.3 is 5.63 Å². The third kappa shape index (κ3) is 3.98. The molecule has 2 heterocycles. The van der Waals surface area contributed by atoms with Gasteiger partial charge in [0, 0.05) is 18.5 Å². The van der Waals surface area contributed by atoms with E-state index in [0.717, 1.165) is 24.8 Å². The zero-order valence-corrected chi connectivity index (χ0v) is 14.2. The highest BCUT2D eigenvalue weighted by Gasteiger charge is 2.15. The van der Waals surface area contributed by atoms with Crippen LogP contribution < -0.4 is 16.4 Å². The van der Waals surface area contributed by atoms with Gasteiger partial charge in [-0.1, -0.05) is 18.2 Å². The van der Waals surface area contributed by atoms with Crippen LogP contribution in [0.5, 0.6) is 0 Å². The van der Waals surface area contributed by atoms with Gasteiger partial charge < -0.3 is 14.5 Å². The van der Waals surface area contributed by atoms with E-state index in [4.69, 9.17) is 21.4 Å². The highest BCUT2D eigenvalue weighted by Crippen LogP contribution is 2.13. The Hall–Kier alpha value is -2.25. The maximum absolute atomic E-state index is 12.1. The molecule has 0 saturated carbocycles. The van der Waals surface area contributed by atoms with Crippen molar-refractivity contribution in [3.05, 3.63) is 46.3 Å². The van der Waals surface area contributed by atoms with E-state index in [0.29, 0.717) is 28.5 Å². The van der Waals surface area contributed by atoms with Gasteiger partial charge in [-0.25, -0.2) is 4.79 Å². The molecular formula is C17H19N3O3S. The third-order valence-electron chi connectivity index (χ3n) is 3.87. The first-order chi connectivity index (χ1) is 11.6. The summed E-state index contributed by atoms with van der Waals surface area (Å²) in [7, 11) is 0. The second-order valence-electron chi connectivity index (χ2n) is 5.64. The van der Waals surface area contributed by atoms with E-state index in [9.17, 15) is 4.79 Å². The predicted molar refractivity (Wildman–Crippen MR) is 97.4 cm³/mol. The summed E-state index contributed by atoms with van der Waals surface area (Å²) in [5, 5.41) is 8.48. The molecule has 7 heteroatoms. The molecule has 1 atom stereocenters. The molecule has 1 aromatic carbocycles. The van der Waals surface area contributed by atoms with Crippen LogP contribution in [0.4, 0.5) is 0 Å². The minimum Gasteiger partial charge on any atom is -0.422 e. The van der Waals surface area contributed by atoms with Gasteiger partial charge in [0.1, 0.15) is 5.58 Å². The number of hydrogen-bond acceptors (Lipinski definition) is 5. The Balaban J connectivity index is 1.65. The monoisotopic (exact) mass is 345 g/mol. The summed E-state index contributed by atoms with van der Waals surface area (Å²) in [4.78, 5) is 12.1. The van der Waals surface area contributed by atoms with Crippen molar-refractivity contribution < 1.29 is 9.15 Å². The van der Waals surface area contributed by atoms with E-state index >= 15 is 0 Å². The average Bonchev–Trinajstić information content (AvgIpc) is 3.10. The van der Waals surface area contributed by atoms with Crippen molar-refractivity contribution >= 4 is 34.0 Å². The van der Waals surface area contributed by atoms with E-state index in [-0.39, 0.29) is 6.10 Å². The highest BCUT2D eigenvalue weighted by atomic mass is 32.1. The molecular weight excluding hydrogens is 326 g/mol. The van der Waals surface area contributed by atoms with E-state index in [2.05, 4.69) is 15.8 Å². The summed E-state index contributed by atoms with van der Waals surface area (Å²) in [5.41, 5.74) is 3.80. The Labute approximate surface area is 144 Å². The Morgan fingerprint density at radius 1 is 1.42 bits per heavy atom. The summed E-state index contributed by atoms with van der Waals surface area (Å²) >= 11 is 5.18. The first-order valence-electron chi connectivity index (χ1n) is 7.86. The van der Waals surface area contributed by atoms with Gasteiger partial charge in [0.25, 0.3) is 0 Å². The Morgan fingerprint density at radius 2 is 2.25 bits per heavy atom. The van der Waals surface area contributed by atoms with E-state index in [1.54, 1.807) is 19.1 Å². The second-order valence-corrected chi connectivity index (χ2v) is 6.05. The van der Waals surface area contributed by atoms with Gasteiger partial charge in [0.2, 0.25) is 0 Å². The van der Waals surface area contributed by atoms with Crippen molar-refractivity contribution in [1.29, 1.82) is 0 Å². The molecule has 0 unspecified atom stereocenters. The predicted octanol–water partition coefficient (Wildman–Crippen LogP) is 2.16. The minimum absolute atomic E-state index is 0.197. The quantitative estimate of drug-likeness (QED) is 0.383. The van der Waals surface area contributed by atoms with Crippen LogP contribution in [-0.2, 0) is 4.74 Å². The fraction of sp³-hybridized carbons (Fsp3) is 0.353. The van der Waals surface area contributed by atoms with Gasteiger partial charge in [-0.3, -0.25) is 5.43 Å². The molecule has 126 valence electrons. The van der Waals surface area contributed by atoms with Gasteiger partial charge in [0.15, 0.2) is 5.11 Å². The Morgan fingerprint density at radius 3 is 3.04 bits per heavy atom. The molecule has 1 fully saturated rings. The first kappa shape index (κ1) is 16.6. The standard InChI is InChI=1S/C17H19N3O3S/c1-11(19-20-17(24)18-10-13-6-4-8-22-13)14-9-12-5-2-3-7-15(12)23-16(14)21/h2-3,5,7,9,13H,4,6,8,10H2,1H3,(H2,18,20,24)/b19-11-/t13-/m0/s1. The fourth-order valence-corrected chi connectivity index (χ4v) is 2.69. The van der Waals surface area contributed by atoms with Crippen LogP contribution in [0.15, 0.2) is 44.6 Å². The second kappa shape index (κ2) is 7.55. The lowest BCUT2D eigenvalue weighted by molar-refractivity contribution is 0.114. The maximum Gasteiger partial charge on any atom is 0.345 e. The van der Waals surface area contributed by atoms with Crippen molar-refractivity contribution in [2.45, 2.75) is 25.9 Å². The molecule has 1 aliphatic rings. The van der Waals surface area contributed by atoms with Gasteiger partial charge in [-0.05, 0) is 44.1 Å². The van der Waals surface area contributed by atoms with Crippen molar-refractivity contribution in [1.82, 2.24) is 10.7 Å². The summed E-state index contributed by atoms with van der Waals surface area (Å²) in [6.45, 7) is 3.19. The van der Waals surface area contributed by atoms with Crippen molar-refractivity contribution in [3.63, 3.8) is 0 Å². The number of rotatable bonds is 4. The number of nitrogens with zero attached hydrogens (tertiary/aromatic N) is 1.